The summed E-state index contributed by atoms with van der Waals surface area (Å²) in [4.78, 5) is 29.3. The molecule has 12 heteroatoms. The fourth-order valence-electron chi connectivity index (χ4n) is 6.72. The standard InChI is InChI=1S/C25H27F2NO2.C17H16F2N2O3.C2H6/c1-17-6-4-8-20-19(17)7-5-9-21(20)23-22(29-2)11-10-18(24(23)30-3)16-28-14-12-25(26,27)13-15-28;1-9-6-7-20-10(2)14(9)11-4-5-12(18)15(16(11)19)17(23)21-8-13(22)24-3;1-2/h4-11H,12-16H2,1-3H3;4-7H,8H2,1-3H3,(H,21,23);1-2H3. The third kappa shape index (κ3) is 9.84. The van der Waals surface area contributed by atoms with Gasteiger partial charge >= 0.3 is 5.97 Å². The molecule has 1 aromatic heterocycles. The predicted octanol–water partition coefficient (Wildman–Crippen LogP) is 9.64. The minimum atomic E-state index is -2.55. The fourth-order valence-corrected chi connectivity index (χ4v) is 6.72. The molecular weight excluding hydrogens is 726 g/mol. The smallest absolute Gasteiger partial charge is 0.325 e. The zero-order chi connectivity index (χ0) is 41.2. The molecule has 1 fully saturated rings. The summed E-state index contributed by atoms with van der Waals surface area (Å²) in [5, 5.41) is 4.44. The summed E-state index contributed by atoms with van der Waals surface area (Å²) in [6.07, 6.45) is 1.39. The lowest BCUT2D eigenvalue weighted by Gasteiger charge is -2.32. The Hall–Kier alpha value is -5.49. The first-order chi connectivity index (χ1) is 26.8. The van der Waals surface area contributed by atoms with Gasteiger partial charge in [0.2, 0.25) is 0 Å². The Morgan fingerprint density at radius 2 is 1.48 bits per heavy atom. The molecule has 1 aliphatic rings. The number of carbonyl (C=O) groups excluding carboxylic acids is 2. The number of likely N-dealkylation sites (tertiary alicyclic amines) is 1. The molecule has 0 aliphatic carbocycles. The van der Waals surface area contributed by atoms with Crippen LogP contribution >= 0.6 is 0 Å². The zero-order valence-electron chi connectivity index (χ0n) is 33.1. The Morgan fingerprint density at radius 1 is 0.804 bits per heavy atom. The number of aromatic nitrogens is 1. The van der Waals surface area contributed by atoms with Crippen LogP contribution in [0.5, 0.6) is 11.5 Å². The van der Waals surface area contributed by atoms with E-state index < -0.39 is 41.5 Å². The number of alkyl halides is 2. The largest absolute Gasteiger partial charge is 0.496 e. The lowest BCUT2D eigenvalue weighted by atomic mass is 9.93. The van der Waals surface area contributed by atoms with Crippen LogP contribution in [0.3, 0.4) is 0 Å². The Labute approximate surface area is 325 Å². The molecule has 0 radical (unpaired) electrons. The summed E-state index contributed by atoms with van der Waals surface area (Å²) in [6.45, 7) is 10.4. The Balaban J connectivity index is 0.000000244. The van der Waals surface area contributed by atoms with Crippen molar-refractivity contribution in [2.75, 3.05) is 41.0 Å². The number of rotatable bonds is 9. The second kappa shape index (κ2) is 19.4. The minimum Gasteiger partial charge on any atom is -0.496 e. The Kier molecular flexibility index (Phi) is 15.0. The summed E-state index contributed by atoms with van der Waals surface area (Å²) < 4.78 is 71.8. The van der Waals surface area contributed by atoms with Gasteiger partial charge in [-0.05, 0) is 72.5 Å². The van der Waals surface area contributed by atoms with E-state index in [1.165, 1.54) is 17.0 Å². The van der Waals surface area contributed by atoms with E-state index >= 15 is 0 Å². The Morgan fingerprint density at radius 3 is 2.12 bits per heavy atom. The average molecular weight is 776 g/mol. The van der Waals surface area contributed by atoms with Gasteiger partial charge in [0.05, 0.1) is 26.9 Å². The van der Waals surface area contributed by atoms with Gasteiger partial charge in [0, 0.05) is 61.1 Å². The highest BCUT2D eigenvalue weighted by Gasteiger charge is 2.34. The second-order valence-electron chi connectivity index (χ2n) is 13.1. The maximum Gasteiger partial charge on any atom is 0.325 e. The first-order valence-corrected chi connectivity index (χ1v) is 18.4. The molecule has 0 unspecified atom stereocenters. The summed E-state index contributed by atoms with van der Waals surface area (Å²) in [5.41, 5.74) is 5.24. The highest BCUT2D eigenvalue weighted by molar-refractivity contribution is 6.01. The maximum absolute atomic E-state index is 14.8. The molecule has 0 spiro atoms. The van der Waals surface area contributed by atoms with Crippen molar-refractivity contribution < 1.29 is 41.4 Å². The number of hydrogen-bond acceptors (Lipinski definition) is 7. The molecule has 2 heterocycles. The van der Waals surface area contributed by atoms with Crippen molar-refractivity contribution in [3.8, 4) is 33.8 Å². The number of aryl methyl sites for hydroxylation is 3. The monoisotopic (exact) mass is 775 g/mol. The molecule has 0 atom stereocenters. The molecule has 298 valence electrons. The van der Waals surface area contributed by atoms with Crippen molar-refractivity contribution >= 4 is 22.6 Å². The van der Waals surface area contributed by atoms with Crippen LogP contribution in [0.4, 0.5) is 17.6 Å². The number of benzene rings is 4. The van der Waals surface area contributed by atoms with Crippen molar-refractivity contribution in [3.05, 3.63) is 113 Å². The zero-order valence-corrected chi connectivity index (χ0v) is 33.1. The number of ether oxygens (including phenoxy) is 3. The van der Waals surface area contributed by atoms with E-state index in [0.29, 0.717) is 30.9 Å². The number of halogens is 4. The van der Waals surface area contributed by atoms with Crippen LogP contribution in [-0.4, -0.2) is 68.6 Å². The number of nitrogens with one attached hydrogen (secondary N) is 1. The van der Waals surface area contributed by atoms with E-state index in [1.54, 1.807) is 40.3 Å². The van der Waals surface area contributed by atoms with Gasteiger partial charge in [-0.3, -0.25) is 19.5 Å². The Bertz CT molecular complexity index is 2150. The van der Waals surface area contributed by atoms with Gasteiger partial charge in [0.1, 0.15) is 35.2 Å². The lowest BCUT2D eigenvalue weighted by molar-refractivity contribution is -0.139. The number of hydrogen-bond donors (Lipinski definition) is 1. The van der Waals surface area contributed by atoms with Crippen molar-refractivity contribution in [2.45, 2.75) is 59.9 Å². The molecule has 6 rings (SSSR count). The molecule has 1 aliphatic heterocycles. The van der Waals surface area contributed by atoms with E-state index in [0.717, 1.165) is 52.3 Å². The molecule has 0 saturated carbocycles. The fraction of sp³-hybridized carbons (Fsp3) is 0.341. The van der Waals surface area contributed by atoms with Gasteiger partial charge < -0.3 is 19.5 Å². The minimum absolute atomic E-state index is 0.0720. The van der Waals surface area contributed by atoms with E-state index in [2.05, 4.69) is 57.2 Å². The summed E-state index contributed by atoms with van der Waals surface area (Å²) in [7, 11) is 4.45. The molecule has 0 bridgehead atoms. The number of methoxy groups -OCH3 is 3. The average Bonchev–Trinajstić information content (AvgIpc) is 3.19. The third-order valence-corrected chi connectivity index (χ3v) is 9.57. The molecule has 1 amide bonds. The summed E-state index contributed by atoms with van der Waals surface area (Å²) in [6, 6.07) is 20.4. The van der Waals surface area contributed by atoms with Gasteiger partial charge in [-0.2, -0.15) is 0 Å². The topological polar surface area (TPSA) is 90.0 Å². The van der Waals surface area contributed by atoms with Gasteiger partial charge in [-0.1, -0.05) is 56.3 Å². The van der Waals surface area contributed by atoms with Gasteiger partial charge in [-0.25, -0.2) is 17.6 Å². The van der Waals surface area contributed by atoms with Crippen molar-refractivity contribution in [2.24, 2.45) is 0 Å². The molecule has 1 saturated heterocycles. The van der Waals surface area contributed by atoms with Crippen LogP contribution < -0.4 is 14.8 Å². The van der Waals surface area contributed by atoms with Gasteiger partial charge in [-0.15, -0.1) is 0 Å². The van der Waals surface area contributed by atoms with Crippen molar-refractivity contribution in [3.63, 3.8) is 0 Å². The van der Waals surface area contributed by atoms with E-state index in [9.17, 15) is 27.2 Å². The van der Waals surface area contributed by atoms with Crippen molar-refractivity contribution in [1.29, 1.82) is 0 Å². The summed E-state index contributed by atoms with van der Waals surface area (Å²) in [5.74, 6) is -4.85. The van der Waals surface area contributed by atoms with Crippen molar-refractivity contribution in [1.82, 2.24) is 15.2 Å². The summed E-state index contributed by atoms with van der Waals surface area (Å²) >= 11 is 0. The van der Waals surface area contributed by atoms with Crippen LogP contribution in [0, 0.1) is 32.4 Å². The third-order valence-electron chi connectivity index (χ3n) is 9.57. The number of fused-ring (bicyclic) bond motifs is 1. The van der Waals surface area contributed by atoms with Gasteiger partial charge in [0.25, 0.3) is 11.8 Å². The molecule has 4 aromatic carbocycles. The van der Waals surface area contributed by atoms with E-state index in [-0.39, 0.29) is 18.4 Å². The molecule has 1 N–H and O–H groups in total. The highest BCUT2D eigenvalue weighted by atomic mass is 19.3. The number of piperidine rings is 1. The second-order valence-corrected chi connectivity index (χ2v) is 13.1. The molecule has 8 nitrogen and oxygen atoms in total. The molecular formula is C44H49F4N3O5. The highest BCUT2D eigenvalue weighted by Crippen LogP contribution is 2.44. The van der Waals surface area contributed by atoms with E-state index in [4.69, 9.17) is 9.47 Å². The number of amides is 1. The lowest BCUT2D eigenvalue weighted by Crippen LogP contribution is -2.38. The van der Waals surface area contributed by atoms with Crippen LogP contribution in [0.25, 0.3) is 33.0 Å². The first kappa shape index (κ1) is 43.2. The normalized spacial score (nSPS) is 13.4. The van der Waals surface area contributed by atoms with Gasteiger partial charge in [0.15, 0.2) is 0 Å². The predicted molar refractivity (Wildman–Crippen MR) is 211 cm³/mol. The molecule has 5 aromatic rings. The molecule has 56 heavy (non-hydrogen) atoms. The van der Waals surface area contributed by atoms with Crippen LogP contribution in [-0.2, 0) is 16.1 Å². The van der Waals surface area contributed by atoms with Crippen LogP contribution in [0.15, 0.2) is 72.9 Å². The number of esters is 1. The number of nitrogens with zero attached hydrogens (tertiary/aromatic N) is 2. The SMILES string of the molecule is CC.COC(=O)CNC(=O)c1c(F)ccc(-c2c(C)ccnc2C)c1F.COc1ccc(CN2CCC(F)(F)CC2)c(OC)c1-c1cccc2c(C)cccc12. The quantitative estimate of drug-likeness (QED) is 0.118. The van der Waals surface area contributed by atoms with E-state index in [1.807, 2.05) is 32.0 Å². The van der Waals surface area contributed by atoms with Crippen LogP contribution in [0.2, 0.25) is 0 Å². The number of pyridine rings is 1. The number of carbonyl (C=O) groups is 2. The van der Waals surface area contributed by atoms with Crippen LogP contribution in [0.1, 0.15) is 59.4 Å². The maximum atomic E-state index is 14.8. The first-order valence-electron chi connectivity index (χ1n) is 18.4.